The number of unbranched alkanes of at least 4 members (excludes halogenated alkanes) is 14. The van der Waals surface area contributed by atoms with E-state index in [1.165, 1.54) is 83.5 Å². The van der Waals surface area contributed by atoms with Crippen LogP contribution in [0.15, 0.2) is 29.4 Å². The van der Waals surface area contributed by atoms with Gasteiger partial charge in [-0.2, -0.15) is 5.10 Å². The smallest absolute Gasteiger partial charge is 0.240 e. The summed E-state index contributed by atoms with van der Waals surface area (Å²) in [6.45, 7) is 2.28. The number of hydrogen-bond acceptors (Lipinski definition) is 2. The predicted octanol–water partition coefficient (Wildman–Crippen LogP) is 8.05. The fourth-order valence-corrected chi connectivity index (χ4v) is 3.57. The Labute approximate surface area is 183 Å². The lowest BCUT2D eigenvalue weighted by atomic mass is 10.0. The van der Waals surface area contributed by atoms with Crippen LogP contribution in [0.4, 0.5) is 0 Å². The molecule has 1 rings (SSSR count). The Morgan fingerprint density at radius 1 is 0.793 bits per heavy atom. The standard InChI is InChI=1S/C25H41ClN2O/c1-2-3-4-5-6-7-8-9-10-11-12-13-14-15-16-17-25(29)28-27-22-23-18-20-24(26)21-19-23/h18-22H,2-17H2,1H3,(H,28,29)/b27-22+. The van der Waals surface area contributed by atoms with Crippen LogP contribution in [0.3, 0.4) is 0 Å². The quantitative estimate of drug-likeness (QED) is 0.145. The van der Waals surface area contributed by atoms with Gasteiger partial charge in [-0.15, -0.1) is 0 Å². The van der Waals surface area contributed by atoms with E-state index in [0.717, 1.165) is 18.4 Å². The van der Waals surface area contributed by atoms with Gasteiger partial charge < -0.3 is 0 Å². The highest BCUT2D eigenvalue weighted by atomic mass is 35.5. The van der Waals surface area contributed by atoms with Crippen molar-refractivity contribution in [2.75, 3.05) is 0 Å². The second-order valence-electron chi connectivity index (χ2n) is 8.04. The molecule has 0 saturated heterocycles. The molecule has 164 valence electrons. The molecule has 0 bridgehead atoms. The van der Waals surface area contributed by atoms with Crippen molar-refractivity contribution in [3.63, 3.8) is 0 Å². The summed E-state index contributed by atoms with van der Waals surface area (Å²) >= 11 is 5.84. The van der Waals surface area contributed by atoms with Crippen molar-refractivity contribution in [1.82, 2.24) is 5.43 Å². The first kappa shape index (κ1) is 25.7. The van der Waals surface area contributed by atoms with Gasteiger partial charge in [0, 0.05) is 11.4 Å². The Balaban J connectivity index is 1.83. The number of carbonyl (C=O) groups is 1. The summed E-state index contributed by atoms with van der Waals surface area (Å²) in [5, 5.41) is 4.69. The van der Waals surface area contributed by atoms with E-state index in [2.05, 4.69) is 17.5 Å². The zero-order valence-corrected chi connectivity index (χ0v) is 19.2. The first-order valence-electron chi connectivity index (χ1n) is 11.8. The lowest BCUT2D eigenvalue weighted by Gasteiger charge is -2.03. The number of hydrogen-bond donors (Lipinski definition) is 1. The van der Waals surface area contributed by atoms with Gasteiger partial charge in [0.1, 0.15) is 0 Å². The molecule has 1 aromatic carbocycles. The molecule has 1 amide bonds. The van der Waals surface area contributed by atoms with E-state index in [1.807, 2.05) is 12.1 Å². The third-order valence-electron chi connectivity index (χ3n) is 5.28. The number of halogens is 1. The van der Waals surface area contributed by atoms with Crippen LogP contribution in [0.25, 0.3) is 0 Å². The van der Waals surface area contributed by atoms with Crippen LogP contribution in [0.5, 0.6) is 0 Å². The summed E-state index contributed by atoms with van der Waals surface area (Å²) in [6.07, 6.45) is 22.2. The molecule has 29 heavy (non-hydrogen) atoms. The molecule has 0 unspecified atom stereocenters. The summed E-state index contributed by atoms with van der Waals surface area (Å²) in [6, 6.07) is 7.35. The number of benzene rings is 1. The Bertz CT molecular complexity index is 542. The minimum atomic E-state index is -0.00934. The second-order valence-corrected chi connectivity index (χ2v) is 8.48. The monoisotopic (exact) mass is 420 g/mol. The van der Waals surface area contributed by atoms with Crippen LogP contribution >= 0.6 is 11.6 Å². The van der Waals surface area contributed by atoms with Gasteiger partial charge in [-0.1, -0.05) is 121 Å². The van der Waals surface area contributed by atoms with Gasteiger partial charge in [0.15, 0.2) is 0 Å². The Kier molecular flexibility index (Phi) is 16.5. The Morgan fingerprint density at radius 2 is 1.24 bits per heavy atom. The summed E-state index contributed by atoms with van der Waals surface area (Å²) in [7, 11) is 0. The van der Waals surface area contributed by atoms with E-state index in [4.69, 9.17) is 11.6 Å². The molecule has 0 atom stereocenters. The van der Waals surface area contributed by atoms with Crippen molar-refractivity contribution >= 4 is 23.7 Å². The van der Waals surface area contributed by atoms with E-state index < -0.39 is 0 Å². The molecule has 0 aromatic heterocycles. The highest BCUT2D eigenvalue weighted by molar-refractivity contribution is 6.30. The van der Waals surface area contributed by atoms with E-state index in [0.29, 0.717) is 11.4 Å². The van der Waals surface area contributed by atoms with Crippen molar-refractivity contribution in [2.45, 2.75) is 110 Å². The number of hydrazone groups is 1. The molecule has 3 nitrogen and oxygen atoms in total. The molecule has 0 spiro atoms. The van der Waals surface area contributed by atoms with Gasteiger partial charge in [-0.25, -0.2) is 5.43 Å². The molecular formula is C25H41ClN2O. The van der Waals surface area contributed by atoms with Crippen molar-refractivity contribution in [1.29, 1.82) is 0 Å². The highest BCUT2D eigenvalue weighted by Gasteiger charge is 1.99. The summed E-state index contributed by atoms with van der Waals surface area (Å²) in [4.78, 5) is 11.8. The Morgan fingerprint density at radius 3 is 1.72 bits per heavy atom. The maximum Gasteiger partial charge on any atom is 0.240 e. The normalized spacial score (nSPS) is 11.2. The summed E-state index contributed by atoms with van der Waals surface area (Å²) in [5.41, 5.74) is 3.51. The predicted molar refractivity (Wildman–Crippen MR) is 127 cm³/mol. The number of nitrogens with zero attached hydrogens (tertiary/aromatic N) is 1. The molecule has 0 aliphatic rings. The zero-order chi connectivity index (χ0) is 21.0. The van der Waals surface area contributed by atoms with E-state index >= 15 is 0 Å². The molecule has 0 aliphatic heterocycles. The van der Waals surface area contributed by atoms with Crippen molar-refractivity contribution in [3.8, 4) is 0 Å². The van der Waals surface area contributed by atoms with Crippen molar-refractivity contribution < 1.29 is 4.79 Å². The maximum atomic E-state index is 11.8. The molecule has 0 heterocycles. The summed E-state index contributed by atoms with van der Waals surface area (Å²) < 4.78 is 0. The highest BCUT2D eigenvalue weighted by Crippen LogP contribution is 2.13. The van der Waals surface area contributed by atoms with Crippen LogP contribution in [0.1, 0.15) is 115 Å². The fraction of sp³-hybridized carbons (Fsp3) is 0.680. The molecule has 1 N–H and O–H groups in total. The second kappa shape index (κ2) is 18.7. The van der Waals surface area contributed by atoms with E-state index in [-0.39, 0.29) is 5.91 Å². The van der Waals surface area contributed by atoms with Gasteiger partial charge in [0.2, 0.25) is 5.91 Å². The maximum absolute atomic E-state index is 11.8. The largest absolute Gasteiger partial charge is 0.273 e. The SMILES string of the molecule is CCCCCCCCCCCCCCCCCC(=O)N/N=C/c1ccc(Cl)cc1. The van der Waals surface area contributed by atoms with Gasteiger partial charge in [-0.05, 0) is 24.1 Å². The first-order chi connectivity index (χ1) is 14.2. The number of rotatable bonds is 18. The average Bonchev–Trinajstić information content (AvgIpc) is 2.72. The number of carbonyl (C=O) groups excluding carboxylic acids is 1. The molecule has 0 aliphatic carbocycles. The van der Waals surface area contributed by atoms with Crippen LogP contribution in [0, 0.1) is 0 Å². The topological polar surface area (TPSA) is 41.5 Å². The van der Waals surface area contributed by atoms with Crippen molar-refractivity contribution in [3.05, 3.63) is 34.9 Å². The van der Waals surface area contributed by atoms with Gasteiger partial charge in [-0.3, -0.25) is 4.79 Å². The van der Waals surface area contributed by atoms with Gasteiger partial charge >= 0.3 is 0 Å². The van der Waals surface area contributed by atoms with Crippen LogP contribution < -0.4 is 5.43 Å². The molecule has 0 fully saturated rings. The van der Waals surface area contributed by atoms with E-state index in [1.54, 1.807) is 18.3 Å². The molecule has 0 radical (unpaired) electrons. The van der Waals surface area contributed by atoms with Crippen LogP contribution in [-0.2, 0) is 4.79 Å². The summed E-state index contributed by atoms with van der Waals surface area (Å²) in [5.74, 6) is -0.00934. The fourth-order valence-electron chi connectivity index (χ4n) is 3.44. The lowest BCUT2D eigenvalue weighted by Crippen LogP contribution is -2.16. The molecule has 0 saturated carbocycles. The van der Waals surface area contributed by atoms with Crippen LogP contribution in [-0.4, -0.2) is 12.1 Å². The number of nitrogens with one attached hydrogen (secondary N) is 1. The van der Waals surface area contributed by atoms with Gasteiger partial charge in [0.25, 0.3) is 0 Å². The average molecular weight is 421 g/mol. The minimum Gasteiger partial charge on any atom is -0.273 e. The van der Waals surface area contributed by atoms with Crippen molar-refractivity contribution in [2.24, 2.45) is 5.10 Å². The molecular weight excluding hydrogens is 380 g/mol. The molecule has 4 heteroatoms. The third-order valence-corrected chi connectivity index (χ3v) is 5.53. The lowest BCUT2D eigenvalue weighted by molar-refractivity contribution is -0.121. The van der Waals surface area contributed by atoms with E-state index in [9.17, 15) is 4.79 Å². The van der Waals surface area contributed by atoms with Gasteiger partial charge in [0.05, 0.1) is 6.21 Å². The minimum absolute atomic E-state index is 0.00934. The zero-order valence-electron chi connectivity index (χ0n) is 18.4. The first-order valence-corrected chi connectivity index (χ1v) is 12.2. The molecule has 1 aromatic rings. The third kappa shape index (κ3) is 16.2. The number of amides is 1. The van der Waals surface area contributed by atoms with Crippen LogP contribution in [0.2, 0.25) is 5.02 Å². The Hall–Kier alpha value is -1.35.